The van der Waals surface area contributed by atoms with Crippen LogP contribution in [-0.2, 0) is 9.53 Å². The second-order valence-corrected chi connectivity index (χ2v) is 5.71. The van der Waals surface area contributed by atoms with Crippen molar-refractivity contribution < 1.29 is 18.3 Å². The summed E-state index contributed by atoms with van der Waals surface area (Å²) in [6.45, 7) is 3.32. The third kappa shape index (κ3) is 4.57. The molecule has 1 aromatic carbocycles. The molecule has 124 valence electrons. The Hall–Kier alpha value is -1.83. The van der Waals surface area contributed by atoms with Crippen LogP contribution in [-0.4, -0.2) is 30.7 Å². The summed E-state index contributed by atoms with van der Waals surface area (Å²) in [7, 11) is 0. The minimum atomic E-state index is -0.889. The van der Waals surface area contributed by atoms with E-state index in [4.69, 9.17) is 4.74 Å². The van der Waals surface area contributed by atoms with E-state index >= 15 is 0 Å². The fraction of sp³-hybridized carbons (Fsp3) is 0.400. The SMILES string of the molecule is CCOC(=O)/C=C/c1c(Br)cc(F)c(N=NN2CCCC2)c1F. The molecule has 0 aromatic heterocycles. The van der Waals surface area contributed by atoms with Crippen LogP contribution in [0.4, 0.5) is 14.5 Å². The lowest BCUT2D eigenvalue weighted by atomic mass is 10.1. The van der Waals surface area contributed by atoms with Crippen LogP contribution < -0.4 is 0 Å². The molecular formula is C15H16BrF2N3O2. The minimum Gasteiger partial charge on any atom is -0.463 e. The van der Waals surface area contributed by atoms with Gasteiger partial charge in [0.1, 0.15) is 0 Å². The zero-order valence-electron chi connectivity index (χ0n) is 12.6. The molecule has 0 atom stereocenters. The molecule has 0 unspecified atom stereocenters. The van der Waals surface area contributed by atoms with Crippen LogP contribution in [0.3, 0.4) is 0 Å². The zero-order valence-corrected chi connectivity index (χ0v) is 14.1. The van der Waals surface area contributed by atoms with Gasteiger partial charge in [-0.15, -0.1) is 5.11 Å². The molecule has 0 radical (unpaired) electrons. The predicted molar refractivity (Wildman–Crippen MR) is 85.0 cm³/mol. The van der Waals surface area contributed by atoms with Crippen LogP contribution in [0, 0.1) is 11.6 Å². The minimum absolute atomic E-state index is 0.00910. The molecule has 0 bridgehead atoms. The van der Waals surface area contributed by atoms with E-state index in [0.29, 0.717) is 0 Å². The summed E-state index contributed by atoms with van der Waals surface area (Å²) in [6, 6.07) is 1.09. The molecular weight excluding hydrogens is 372 g/mol. The smallest absolute Gasteiger partial charge is 0.330 e. The van der Waals surface area contributed by atoms with Crippen molar-refractivity contribution in [2.45, 2.75) is 19.8 Å². The van der Waals surface area contributed by atoms with Crippen molar-refractivity contribution in [3.05, 3.63) is 33.8 Å². The zero-order chi connectivity index (χ0) is 16.8. The summed E-state index contributed by atoms with van der Waals surface area (Å²) in [5.74, 6) is -2.32. The first-order chi connectivity index (χ1) is 11.0. The number of rotatable bonds is 5. The maximum Gasteiger partial charge on any atom is 0.330 e. The Labute approximate surface area is 141 Å². The van der Waals surface area contributed by atoms with Gasteiger partial charge in [-0.1, -0.05) is 5.22 Å². The van der Waals surface area contributed by atoms with Crippen LogP contribution in [0.5, 0.6) is 0 Å². The van der Waals surface area contributed by atoms with Crippen molar-refractivity contribution in [3.63, 3.8) is 0 Å². The second kappa shape index (κ2) is 8.14. The normalized spacial score (nSPS) is 15.0. The average molecular weight is 388 g/mol. The third-order valence-corrected chi connectivity index (χ3v) is 3.86. The molecule has 1 heterocycles. The molecule has 1 aliphatic rings. The lowest BCUT2D eigenvalue weighted by Crippen LogP contribution is -2.09. The van der Waals surface area contributed by atoms with E-state index in [1.807, 2.05) is 0 Å². The fourth-order valence-corrected chi connectivity index (χ4v) is 2.59. The monoisotopic (exact) mass is 387 g/mol. The molecule has 0 N–H and O–H groups in total. The van der Waals surface area contributed by atoms with Gasteiger partial charge in [0.15, 0.2) is 17.3 Å². The first-order valence-electron chi connectivity index (χ1n) is 7.22. The summed E-state index contributed by atoms with van der Waals surface area (Å²) in [4.78, 5) is 11.3. The van der Waals surface area contributed by atoms with Gasteiger partial charge in [-0.3, -0.25) is 5.01 Å². The number of nitrogens with zero attached hydrogens (tertiary/aromatic N) is 3. The van der Waals surface area contributed by atoms with Crippen molar-refractivity contribution in [2.24, 2.45) is 10.3 Å². The van der Waals surface area contributed by atoms with Crippen LogP contribution in [0.15, 0.2) is 27.0 Å². The predicted octanol–water partition coefficient (Wildman–Crippen LogP) is 4.40. The lowest BCUT2D eigenvalue weighted by molar-refractivity contribution is -0.137. The first-order valence-corrected chi connectivity index (χ1v) is 8.01. The number of carbonyl (C=O) groups is 1. The number of hydrogen-bond acceptors (Lipinski definition) is 4. The topological polar surface area (TPSA) is 54.3 Å². The number of esters is 1. The van der Waals surface area contributed by atoms with Crippen molar-refractivity contribution >= 4 is 33.7 Å². The molecule has 1 aromatic rings. The van der Waals surface area contributed by atoms with Gasteiger partial charge in [0.25, 0.3) is 0 Å². The number of hydrogen-bond donors (Lipinski definition) is 0. The van der Waals surface area contributed by atoms with Gasteiger partial charge >= 0.3 is 5.97 Å². The third-order valence-electron chi connectivity index (χ3n) is 3.21. The largest absolute Gasteiger partial charge is 0.463 e. The van der Waals surface area contributed by atoms with Crippen LogP contribution >= 0.6 is 15.9 Å². The molecule has 1 saturated heterocycles. The van der Waals surface area contributed by atoms with Gasteiger partial charge < -0.3 is 4.74 Å². The second-order valence-electron chi connectivity index (χ2n) is 4.85. The van der Waals surface area contributed by atoms with Crippen LogP contribution in [0.25, 0.3) is 6.08 Å². The van der Waals surface area contributed by atoms with Crippen LogP contribution in [0.2, 0.25) is 0 Å². The fourth-order valence-electron chi connectivity index (χ4n) is 2.08. The van der Waals surface area contributed by atoms with Gasteiger partial charge in [-0.2, -0.15) is 0 Å². The average Bonchev–Trinajstić information content (AvgIpc) is 3.00. The van der Waals surface area contributed by atoms with Crippen molar-refractivity contribution in [1.82, 2.24) is 5.01 Å². The molecule has 0 aliphatic carbocycles. The number of benzene rings is 1. The Kier molecular flexibility index (Phi) is 6.20. The van der Waals surface area contributed by atoms with E-state index in [9.17, 15) is 13.6 Å². The standard InChI is InChI=1S/C15H16BrF2N3O2/c1-2-23-13(22)6-5-10-11(16)9-12(17)15(14(10)18)19-20-21-7-3-4-8-21/h5-6,9H,2-4,7-8H2,1H3/b6-5+,20-19?. The number of halogens is 3. The molecule has 0 saturated carbocycles. The van der Waals surface area contributed by atoms with E-state index in [0.717, 1.165) is 38.1 Å². The molecule has 0 amide bonds. The van der Waals surface area contributed by atoms with E-state index < -0.39 is 23.3 Å². The Bertz CT molecular complexity index is 644. The molecule has 1 fully saturated rings. The summed E-state index contributed by atoms with van der Waals surface area (Å²) in [5.41, 5.74) is -0.474. The van der Waals surface area contributed by atoms with E-state index in [1.54, 1.807) is 11.9 Å². The van der Waals surface area contributed by atoms with Crippen LogP contribution in [0.1, 0.15) is 25.3 Å². The molecule has 0 spiro atoms. The summed E-state index contributed by atoms with van der Waals surface area (Å²) < 4.78 is 33.3. The maximum absolute atomic E-state index is 14.5. The Morgan fingerprint density at radius 1 is 1.43 bits per heavy atom. The number of ether oxygens (including phenoxy) is 1. The highest BCUT2D eigenvalue weighted by molar-refractivity contribution is 9.10. The van der Waals surface area contributed by atoms with Gasteiger partial charge in [-0.05, 0) is 47.8 Å². The molecule has 5 nitrogen and oxygen atoms in total. The van der Waals surface area contributed by atoms with Crippen molar-refractivity contribution in [1.29, 1.82) is 0 Å². The molecule has 2 rings (SSSR count). The van der Waals surface area contributed by atoms with Crippen molar-refractivity contribution in [3.8, 4) is 0 Å². The van der Waals surface area contributed by atoms with E-state index in [1.165, 1.54) is 6.08 Å². The maximum atomic E-state index is 14.5. The summed E-state index contributed by atoms with van der Waals surface area (Å²) >= 11 is 3.07. The van der Waals surface area contributed by atoms with Gasteiger partial charge in [0, 0.05) is 29.2 Å². The molecule has 1 aliphatic heterocycles. The van der Waals surface area contributed by atoms with Gasteiger partial charge in [-0.25, -0.2) is 13.6 Å². The van der Waals surface area contributed by atoms with E-state index in [-0.39, 0.29) is 16.6 Å². The summed E-state index contributed by atoms with van der Waals surface area (Å²) in [6.07, 6.45) is 4.26. The lowest BCUT2D eigenvalue weighted by Gasteiger charge is -2.09. The quantitative estimate of drug-likeness (QED) is 0.427. The Morgan fingerprint density at radius 2 is 2.13 bits per heavy atom. The summed E-state index contributed by atoms with van der Waals surface area (Å²) in [5, 5.41) is 9.20. The first kappa shape index (κ1) is 17.5. The highest BCUT2D eigenvalue weighted by Gasteiger charge is 2.17. The number of carbonyl (C=O) groups excluding carboxylic acids is 1. The Balaban J connectivity index is 2.29. The van der Waals surface area contributed by atoms with Crippen molar-refractivity contribution in [2.75, 3.05) is 19.7 Å². The van der Waals surface area contributed by atoms with E-state index in [2.05, 4.69) is 26.3 Å². The Morgan fingerprint density at radius 3 is 2.78 bits per heavy atom. The van der Waals surface area contributed by atoms with Gasteiger partial charge in [0.05, 0.1) is 6.61 Å². The molecule has 23 heavy (non-hydrogen) atoms. The highest BCUT2D eigenvalue weighted by Crippen LogP contribution is 2.32. The van der Waals surface area contributed by atoms with Gasteiger partial charge in [0.2, 0.25) is 0 Å². The highest BCUT2D eigenvalue weighted by atomic mass is 79.9. The molecule has 8 heteroatoms.